The molecule has 0 unspecified atom stereocenters. The Morgan fingerprint density at radius 3 is 2.38 bits per heavy atom. The standard InChI is InChI=1S/C29H31NOS/c1-7-29(6,8-2)22-16-19(15-18-11-9-10-12-20(18)22)25-27-21(13-14-30-25)26-23(32-27)17-24(31-26)28(3,4)5/h9-17H,7-8H2,1-6H3. The smallest absolute Gasteiger partial charge is 0.153 e. The van der Waals surface area contributed by atoms with Gasteiger partial charge in [0.2, 0.25) is 0 Å². The zero-order chi connectivity index (χ0) is 22.7. The van der Waals surface area contributed by atoms with Gasteiger partial charge in [0.25, 0.3) is 0 Å². The third-order valence-corrected chi connectivity index (χ3v) is 8.29. The van der Waals surface area contributed by atoms with Gasteiger partial charge >= 0.3 is 0 Å². The lowest BCUT2D eigenvalue weighted by molar-refractivity contribution is 0.431. The fraction of sp³-hybridized carbons (Fsp3) is 0.345. The quantitative estimate of drug-likeness (QED) is 0.278. The van der Waals surface area contributed by atoms with E-state index < -0.39 is 0 Å². The molecule has 0 spiro atoms. The number of benzene rings is 2. The molecule has 0 saturated heterocycles. The average Bonchev–Trinajstić information content (AvgIpc) is 3.36. The molecule has 3 heterocycles. The summed E-state index contributed by atoms with van der Waals surface area (Å²) >= 11 is 1.79. The van der Waals surface area contributed by atoms with Crippen LogP contribution in [0.2, 0.25) is 0 Å². The lowest BCUT2D eigenvalue weighted by Crippen LogP contribution is -2.20. The predicted molar refractivity (Wildman–Crippen MR) is 139 cm³/mol. The van der Waals surface area contributed by atoms with E-state index in [4.69, 9.17) is 9.40 Å². The van der Waals surface area contributed by atoms with Crippen molar-refractivity contribution in [2.75, 3.05) is 0 Å². The van der Waals surface area contributed by atoms with E-state index in [0.717, 1.165) is 35.3 Å². The van der Waals surface area contributed by atoms with E-state index >= 15 is 0 Å². The third-order valence-electron chi connectivity index (χ3n) is 7.14. The number of furan rings is 1. The molecular formula is C29H31NOS. The van der Waals surface area contributed by atoms with Gasteiger partial charge < -0.3 is 4.42 Å². The van der Waals surface area contributed by atoms with Crippen LogP contribution in [0.5, 0.6) is 0 Å². The number of rotatable bonds is 4. The normalized spacial score (nSPS) is 12.9. The molecule has 2 nitrogen and oxygen atoms in total. The summed E-state index contributed by atoms with van der Waals surface area (Å²) in [6, 6.07) is 17.8. The van der Waals surface area contributed by atoms with Crippen LogP contribution in [0.25, 0.3) is 42.4 Å². The highest BCUT2D eigenvalue weighted by molar-refractivity contribution is 7.26. The molecule has 32 heavy (non-hydrogen) atoms. The summed E-state index contributed by atoms with van der Waals surface area (Å²) in [7, 11) is 0. The molecule has 0 N–H and O–H groups in total. The molecule has 3 aromatic heterocycles. The second-order valence-electron chi connectivity index (χ2n) is 10.2. The zero-order valence-electron chi connectivity index (χ0n) is 19.9. The summed E-state index contributed by atoms with van der Waals surface area (Å²) in [6.45, 7) is 13.6. The van der Waals surface area contributed by atoms with E-state index in [1.54, 1.807) is 11.3 Å². The molecule has 5 aromatic rings. The molecule has 0 aliphatic rings. The molecule has 164 valence electrons. The van der Waals surface area contributed by atoms with Gasteiger partial charge in [-0.15, -0.1) is 11.3 Å². The molecule has 0 aliphatic heterocycles. The Kier molecular flexibility index (Phi) is 4.94. The Hall–Kier alpha value is -2.65. The second-order valence-corrected chi connectivity index (χ2v) is 11.3. The Balaban J connectivity index is 1.78. The van der Waals surface area contributed by atoms with Crippen molar-refractivity contribution in [2.24, 2.45) is 0 Å². The molecule has 0 saturated carbocycles. The lowest BCUT2D eigenvalue weighted by atomic mass is 9.75. The lowest BCUT2D eigenvalue weighted by Gasteiger charge is -2.29. The average molecular weight is 442 g/mol. The van der Waals surface area contributed by atoms with Crippen molar-refractivity contribution in [1.82, 2.24) is 4.98 Å². The maximum atomic E-state index is 6.34. The number of thiophene rings is 1. The first-order valence-corrected chi connectivity index (χ1v) is 12.4. The Morgan fingerprint density at radius 2 is 1.66 bits per heavy atom. The number of fused-ring (bicyclic) bond motifs is 4. The maximum absolute atomic E-state index is 6.34. The highest BCUT2D eigenvalue weighted by atomic mass is 32.1. The monoisotopic (exact) mass is 441 g/mol. The highest BCUT2D eigenvalue weighted by Gasteiger charge is 2.26. The van der Waals surface area contributed by atoms with Crippen LogP contribution in [-0.4, -0.2) is 4.98 Å². The van der Waals surface area contributed by atoms with Gasteiger partial charge in [-0.2, -0.15) is 0 Å². The van der Waals surface area contributed by atoms with Crippen LogP contribution in [-0.2, 0) is 10.8 Å². The molecule has 0 fully saturated rings. The molecule has 0 amide bonds. The largest absolute Gasteiger partial charge is 0.459 e. The molecule has 5 rings (SSSR count). The van der Waals surface area contributed by atoms with Crippen LogP contribution in [0.4, 0.5) is 0 Å². The van der Waals surface area contributed by atoms with Crippen LogP contribution >= 0.6 is 11.3 Å². The molecule has 3 heteroatoms. The number of aromatic nitrogens is 1. The zero-order valence-corrected chi connectivity index (χ0v) is 20.7. The fourth-order valence-corrected chi connectivity index (χ4v) is 5.80. The van der Waals surface area contributed by atoms with Crippen LogP contribution < -0.4 is 0 Å². The Labute approximate surface area is 194 Å². The number of hydrogen-bond donors (Lipinski definition) is 0. The minimum atomic E-state index is -0.00106. The van der Waals surface area contributed by atoms with Crippen LogP contribution in [0.15, 0.2) is 59.1 Å². The summed E-state index contributed by atoms with van der Waals surface area (Å²) in [5, 5.41) is 3.79. The second kappa shape index (κ2) is 7.45. The first-order chi connectivity index (χ1) is 15.2. The summed E-state index contributed by atoms with van der Waals surface area (Å²) < 4.78 is 8.75. The minimum Gasteiger partial charge on any atom is -0.459 e. The maximum Gasteiger partial charge on any atom is 0.153 e. The highest BCUT2D eigenvalue weighted by Crippen LogP contribution is 2.44. The SMILES string of the molecule is CCC(C)(CC)c1cc(-c2nccc3c2sc2cc(C(C)(C)C)oc23)cc2ccccc12. The first kappa shape index (κ1) is 21.2. The van der Waals surface area contributed by atoms with Crippen molar-refractivity contribution in [3.63, 3.8) is 0 Å². The van der Waals surface area contributed by atoms with Gasteiger partial charge in [0, 0.05) is 22.6 Å². The summed E-state index contributed by atoms with van der Waals surface area (Å²) in [5.41, 5.74) is 4.79. The van der Waals surface area contributed by atoms with Crippen molar-refractivity contribution in [1.29, 1.82) is 0 Å². The van der Waals surface area contributed by atoms with Gasteiger partial charge in [0.05, 0.1) is 15.1 Å². The molecule has 0 aliphatic carbocycles. The first-order valence-electron chi connectivity index (χ1n) is 11.6. The molecule has 0 bridgehead atoms. The topological polar surface area (TPSA) is 26.0 Å². The van der Waals surface area contributed by atoms with E-state index in [0.29, 0.717) is 0 Å². The van der Waals surface area contributed by atoms with Gasteiger partial charge in [-0.05, 0) is 58.9 Å². The molecule has 0 atom stereocenters. The predicted octanol–water partition coefficient (Wildman–Crippen LogP) is 9.24. The van der Waals surface area contributed by atoms with Crippen molar-refractivity contribution in [3.05, 3.63) is 66.1 Å². The Morgan fingerprint density at radius 1 is 0.906 bits per heavy atom. The number of nitrogens with zero attached hydrogens (tertiary/aromatic N) is 1. The van der Waals surface area contributed by atoms with E-state index in [-0.39, 0.29) is 10.8 Å². The van der Waals surface area contributed by atoms with Gasteiger partial charge in [0.1, 0.15) is 5.76 Å². The van der Waals surface area contributed by atoms with Gasteiger partial charge in [-0.3, -0.25) is 4.98 Å². The minimum absolute atomic E-state index is 0.00106. The van der Waals surface area contributed by atoms with Crippen LogP contribution in [0, 0.1) is 0 Å². The molecular weight excluding hydrogens is 410 g/mol. The van der Waals surface area contributed by atoms with Gasteiger partial charge in [0.15, 0.2) is 5.58 Å². The Bertz CT molecular complexity index is 1440. The number of hydrogen-bond acceptors (Lipinski definition) is 3. The third kappa shape index (κ3) is 3.26. The van der Waals surface area contributed by atoms with E-state index in [9.17, 15) is 0 Å². The molecule has 2 aromatic carbocycles. The van der Waals surface area contributed by atoms with Crippen LogP contribution in [0.3, 0.4) is 0 Å². The molecule has 0 radical (unpaired) electrons. The van der Waals surface area contributed by atoms with Gasteiger partial charge in [-0.1, -0.05) is 65.8 Å². The van der Waals surface area contributed by atoms with Crippen molar-refractivity contribution in [3.8, 4) is 11.3 Å². The van der Waals surface area contributed by atoms with E-state index in [2.05, 4.69) is 90.1 Å². The van der Waals surface area contributed by atoms with Crippen molar-refractivity contribution in [2.45, 2.75) is 65.2 Å². The van der Waals surface area contributed by atoms with Crippen LogP contribution in [0.1, 0.15) is 65.7 Å². The van der Waals surface area contributed by atoms with Crippen molar-refractivity contribution >= 4 is 42.5 Å². The fourth-order valence-electron chi connectivity index (χ4n) is 4.63. The van der Waals surface area contributed by atoms with E-state index in [1.807, 2.05) is 6.20 Å². The van der Waals surface area contributed by atoms with Gasteiger partial charge in [-0.25, -0.2) is 0 Å². The van der Waals surface area contributed by atoms with Crippen molar-refractivity contribution < 1.29 is 4.42 Å². The summed E-state index contributed by atoms with van der Waals surface area (Å²) in [6.07, 6.45) is 4.14. The van der Waals surface area contributed by atoms with E-state index in [1.165, 1.54) is 31.3 Å². The summed E-state index contributed by atoms with van der Waals surface area (Å²) in [4.78, 5) is 4.87. The summed E-state index contributed by atoms with van der Waals surface area (Å²) in [5.74, 6) is 1.04. The number of pyridine rings is 1.